The van der Waals surface area contributed by atoms with Crippen LogP contribution in [-0.4, -0.2) is 49.2 Å². The third-order valence-corrected chi connectivity index (χ3v) is 1.68. The van der Waals surface area contributed by atoms with Crippen molar-refractivity contribution >= 4 is 0 Å². The summed E-state index contributed by atoms with van der Waals surface area (Å²) in [5.74, 6) is 0. The highest BCUT2D eigenvalue weighted by atomic mass is 16.7. The summed E-state index contributed by atoms with van der Waals surface area (Å²) in [6.07, 6.45) is 1.73. The summed E-state index contributed by atoms with van der Waals surface area (Å²) in [5, 5.41) is 8.45. The molecule has 1 fully saturated rings. The molecule has 4 nitrogen and oxygen atoms in total. The second-order valence-corrected chi connectivity index (χ2v) is 2.71. The van der Waals surface area contributed by atoms with E-state index in [-0.39, 0.29) is 12.9 Å². The first-order valence-corrected chi connectivity index (χ1v) is 4.41. The van der Waals surface area contributed by atoms with Crippen LogP contribution in [0.1, 0.15) is 12.8 Å². The largest absolute Gasteiger partial charge is 0.432 e. The topological polar surface area (TPSA) is 51.5 Å². The Labute approximate surface area is 72.4 Å². The molecule has 12 heavy (non-hydrogen) atoms. The third kappa shape index (κ3) is 4.01. The first kappa shape index (κ1) is 9.92. The molecule has 2 N–H and O–H groups in total. The molecule has 0 spiro atoms. The van der Waals surface area contributed by atoms with Crippen molar-refractivity contribution in [1.82, 2.24) is 0 Å². The maximum atomic E-state index is 8.45. The number of aliphatic hydroxyl groups excluding tert-OH is 1. The molecule has 0 aromatic rings. The highest BCUT2D eigenvalue weighted by molar-refractivity contribution is 4.50. The summed E-state index contributed by atoms with van der Waals surface area (Å²) in [6, 6.07) is 0. The molecule has 1 aliphatic heterocycles. The fourth-order valence-corrected chi connectivity index (χ4v) is 1.08. The molecule has 0 atom stereocenters. The first-order chi connectivity index (χ1) is 5.93. The van der Waals surface area contributed by atoms with Gasteiger partial charge in [-0.1, -0.05) is 0 Å². The van der Waals surface area contributed by atoms with Gasteiger partial charge in [-0.05, 0) is 6.42 Å². The fourth-order valence-electron chi connectivity index (χ4n) is 1.08. The molecule has 0 radical (unpaired) electrons. The van der Waals surface area contributed by atoms with E-state index in [9.17, 15) is 0 Å². The van der Waals surface area contributed by atoms with Crippen LogP contribution in [0.4, 0.5) is 0 Å². The van der Waals surface area contributed by atoms with Crippen LogP contribution in [0.15, 0.2) is 0 Å². The quantitative estimate of drug-likeness (QED) is 0.461. The summed E-state index contributed by atoms with van der Waals surface area (Å²) in [5.41, 5.74) is 0. The monoisotopic (exact) mass is 177 g/mol. The van der Waals surface area contributed by atoms with E-state index in [0.717, 1.165) is 26.1 Å². The second-order valence-electron chi connectivity index (χ2n) is 2.71. The molecular weight excluding hydrogens is 160 g/mol. The van der Waals surface area contributed by atoms with Gasteiger partial charge in [-0.25, -0.2) is 0 Å². The summed E-state index contributed by atoms with van der Waals surface area (Å²) >= 11 is 0. The van der Waals surface area contributed by atoms with Crippen molar-refractivity contribution in [3.05, 3.63) is 0 Å². The molecule has 1 saturated heterocycles. The van der Waals surface area contributed by atoms with Gasteiger partial charge in [-0.3, -0.25) is 0 Å². The number of rotatable bonds is 5. The Hall–Kier alpha value is -0.160. The average molecular weight is 177 g/mol. The van der Waals surface area contributed by atoms with Crippen LogP contribution in [-0.2, 0) is 9.47 Å². The van der Waals surface area contributed by atoms with E-state index in [4.69, 9.17) is 14.6 Å². The first-order valence-electron chi connectivity index (χ1n) is 4.41. The molecule has 0 amide bonds. The van der Waals surface area contributed by atoms with Gasteiger partial charge in [-0.2, -0.15) is 0 Å². The van der Waals surface area contributed by atoms with Gasteiger partial charge in [-0.15, -0.1) is 0 Å². The summed E-state index contributed by atoms with van der Waals surface area (Å²) < 4.78 is 14.7. The maximum Gasteiger partial charge on any atom is 0.168 e. The predicted octanol–water partition coefficient (Wildman–Crippen LogP) is -0.340. The lowest BCUT2D eigenvalue weighted by Crippen LogP contribution is -2.26. The summed E-state index contributed by atoms with van der Waals surface area (Å²) in [4.78, 5) is 0. The minimum atomic E-state index is -0.0683. The smallest absolute Gasteiger partial charge is 0.168 e. The Balaban J connectivity index is 1.91. The van der Waals surface area contributed by atoms with Crippen LogP contribution in [0.3, 0.4) is 0 Å². The average Bonchev–Trinajstić information content (AvgIpc) is 2.14. The Bertz CT molecular complexity index is 101. The van der Waals surface area contributed by atoms with Crippen molar-refractivity contribution in [2.45, 2.75) is 19.1 Å². The highest BCUT2D eigenvalue weighted by Crippen LogP contribution is 2.07. The van der Waals surface area contributed by atoms with Crippen LogP contribution in [0.2, 0.25) is 0 Å². The minimum Gasteiger partial charge on any atom is -0.432 e. The van der Waals surface area contributed by atoms with Gasteiger partial charge in [0.05, 0.1) is 19.6 Å². The van der Waals surface area contributed by atoms with Gasteiger partial charge < -0.3 is 19.3 Å². The van der Waals surface area contributed by atoms with Crippen LogP contribution < -0.4 is 0 Å². The zero-order valence-corrected chi connectivity index (χ0v) is 7.24. The Morgan fingerprint density at radius 2 is 2.00 bits per heavy atom. The number of hydrogen-bond acceptors (Lipinski definition) is 3. The van der Waals surface area contributed by atoms with Crippen molar-refractivity contribution in [3.8, 4) is 0 Å². The molecular formula is C8H17O4+. The van der Waals surface area contributed by atoms with Gasteiger partial charge in [0.2, 0.25) is 0 Å². The number of hydrogen-bond donors (Lipinski definition) is 1. The van der Waals surface area contributed by atoms with Crippen molar-refractivity contribution < 1.29 is 19.3 Å². The summed E-state index contributed by atoms with van der Waals surface area (Å²) in [7, 11) is 0. The SMILES string of the molecule is OCC[OH+]CCC1OCCCO1. The molecule has 0 aliphatic carbocycles. The van der Waals surface area contributed by atoms with E-state index < -0.39 is 0 Å². The van der Waals surface area contributed by atoms with E-state index in [1.807, 2.05) is 0 Å². The molecule has 0 aromatic heterocycles. The van der Waals surface area contributed by atoms with Gasteiger partial charge in [0.15, 0.2) is 12.9 Å². The zero-order valence-electron chi connectivity index (χ0n) is 7.24. The van der Waals surface area contributed by atoms with E-state index in [2.05, 4.69) is 4.74 Å². The van der Waals surface area contributed by atoms with Crippen molar-refractivity contribution in [3.63, 3.8) is 0 Å². The minimum absolute atomic E-state index is 0.0683. The molecule has 1 rings (SSSR count). The lowest BCUT2D eigenvalue weighted by Gasteiger charge is -2.21. The molecule has 4 heteroatoms. The predicted molar refractivity (Wildman–Crippen MR) is 44.0 cm³/mol. The Morgan fingerprint density at radius 1 is 1.25 bits per heavy atom. The molecule has 0 aromatic carbocycles. The van der Waals surface area contributed by atoms with Gasteiger partial charge in [0, 0.05) is 0 Å². The van der Waals surface area contributed by atoms with E-state index >= 15 is 0 Å². The van der Waals surface area contributed by atoms with E-state index in [0.29, 0.717) is 13.2 Å². The van der Waals surface area contributed by atoms with Crippen LogP contribution >= 0.6 is 0 Å². The van der Waals surface area contributed by atoms with Crippen LogP contribution in [0.5, 0.6) is 0 Å². The third-order valence-electron chi connectivity index (χ3n) is 1.68. The molecule has 1 heterocycles. The molecule has 0 saturated carbocycles. The number of ether oxygens (including phenoxy) is 3. The Kier molecular flexibility index (Phi) is 5.27. The van der Waals surface area contributed by atoms with Crippen molar-refractivity contribution in [2.75, 3.05) is 33.0 Å². The lowest BCUT2D eigenvalue weighted by atomic mass is 10.4. The standard InChI is InChI=1S/C8H16O4/c9-3-7-10-6-2-8-11-4-1-5-12-8/h8-9H,1-7H2/p+1. The summed E-state index contributed by atoms with van der Waals surface area (Å²) in [6.45, 7) is 2.96. The van der Waals surface area contributed by atoms with Crippen LogP contribution in [0, 0.1) is 0 Å². The normalized spacial score (nSPS) is 19.8. The van der Waals surface area contributed by atoms with E-state index in [1.54, 1.807) is 0 Å². The zero-order chi connectivity index (χ0) is 8.65. The fraction of sp³-hybridized carbons (Fsp3) is 1.00. The molecule has 1 aliphatic rings. The van der Waals surface area contributed by atoms with Crippen molar-refractivity contribution in [2.24, 2.45) is 0 Å². The lowest BCUT2D eigenvalue weighted by molar-refractivity contribution is -0.196. The maximum absolute atomic E-state index is 8.45. The van der Waals surface area contributed by atoms with Crippen molar-refractivity contribution in [1.29, 1.82) is 0 Å². The Morgan fingerprint density at radius 3 is 2.67 bits per heavy atom. The second kappa shape index (κ2) is 6.37. The molecule has 0 bridgehead atoms. The van der Waals surface area contributed by atoms with E-state index in [1.165, 1.54) is 0 Å². The molecule has 72 valence electrons. The van der Waals surface area contributed by atoms with Gasteiger partial charge >= 0.3 is 0 Å². The van der Waals surface area contributed by atoms with Gasteiger partial charge in [0.1, 0.15) is 13.2 Å². The van der Waals surface area contributed by atoms with Gasteiger partial charge in [0.25, 0.3) is 0 Å². The van der Waals surface area contributed by atoms with Crippen LogP contribution in [0.25, 0.3) is 0 Å². The number of aliphatic hydroxyl groups is 3. The highest BCUT2D eigenvalue weighted by Gasteiger charge is 2.14. The molecule has 0 unspecified atom stereocenters.